The number of rotatable bonds is 10. The molecule has 8 nitrogen and oxygen atoms in total. The number of hydrogen-bond acceptors (Lipinski definition) is 7. The van der Waals surface area contributed by atoms with Gasteiger partial charge in [-0.3, -0.25) is 9.59 Å². The Morgan fingerprint density at radius 3 is 2.46 bits per heavy atom. The van der Waals surface area contributed by atoms with Crippen LogP contribution in [0.5, 0.6) is 17.2 Å². The molecule has 1 heterocycles. The lowest BCUT2D eigenvalue weighted by molar-refractivity contribution is -0.140. The van der Waals surface area contributed by atoms with Crippen molar-refractivity contribution in [3.8, 4) is 17.2 Å². The molecule has 1 unspecified atom stereocenters. The number of aliphatic hydroxyl groups is 1. The van der Waals surface area contributed by atoms with Crippen LogP contribution in [-0.4, -0.2) is 71.6 Å². The average molecular weight is 503 g/mol. The lowest BCUT2D eigenvalue weighted by Gasteiger charge is -2.28. The molecule has 35 heavy (non-hydrogen) atoms. The predicted molar refractivity (Wildman–Crippen MR) is 134 cm³/mol. The van der Waals surface area contributed by atoms with Crippen molar-refractivity contribution in [1.29, 1.82) is 0 Å². The molecule has 1 amide bonds. The summed E-state index contributed by atoms with van der Waals surface area (Å²) in [6, 6.07) is 8.44. The molecule has 0 aromatic heterocycles. The molecular formula is C26H31ClN2O6. The molecule has 1 fully saturated rings. The lowest BCUT2D eigenvalue weighted by atomic mass is 9.95. The molecule has 1 atom stereocenters. The molecule has 0 aliphatic carbocycles. The van der Waals surface area contributed by atoms with Crippen molar-refractivity contribution in [2.24, 2.45) is 0 Å². The van der Waals surface area contributed by atoms with Crippen molar-refractivity contribution in [2.75, 3.05) is 39.9 Å². The number of carbonyl (C=O) groups excluding carboxylic acids is 2. The van der Waals surface area contributed by atoms with Gasteiger partial charge in [-0.25, -0.2) is 0 Å². The van der Waals surface area contributed by atoms with E-state index in [1.165, 1.54) is 24.1 Å². The number of likely N-dealkylation sites (N-methyl/N-ethyl adjacent to an activating group) is 1. The predicted octanol–water partition coefficient (Wildman–Crippen LogP) is 4.22. The number of ether oxygens (including phenoxy) is 2. The number of likely N-dealkylation sites (tertiary alicyclic amines) is 1. The second kappa shape index (κ2) is 11.5. The maximum absolute atomic E-state index is 13.3. The van der Waals surface area contributed by atoms with E-state index in [0.29, 0.717) is 24.5 Å². The highest BCUT2D eigenvalue weighted by atomic mass is 35.5. The van der Waals surface area contributed by atoms with Gasteiger partial charge in [-0.15, -0.1) is 0 Å². The average Bonchev–Trinajstić information content (AvgIpc) is 3.11. The molecule has 0 bridgehead atoms. The van der Waals surface area contributed by atoms with Crippen molar-refractivity contribution in [3.63, 3.8) is 0 Å². The molecular weight excluding hydrogens is 472 g/mol. The van der Waals surface area contributed by atoms with Gasteiger partial charge in [0.1, 0.15) is 11.5 Å². The van der Waals surface area contributed by atoms with Crippen molar-refractivity contribution in [3.05, 3.63) is 58.1 Å². The van der Waals surface area contributed by atoms with Crippen molar-refractivity contribution >= 4 is 29.1 Å². The Labute approximate surface area is 210 Å². The van der Waals surface area contributed by atoms with E-state index in [1.807, 2.05) is 13.8 Å². The molecule has 188 valence electrons. The van der Waals surface area contributed by atoms with Gasteiger partial charge >= 0.3 is 0 Å². The Hall–Kier alpha value is -3.23. The van der Waals surface area contributed by atoms with Gasteiger partial charge in [0.2, 0.25) is 0 Å². The normalized spacial score (nSPS) is 17.3. The number of nitrogens with zero attached hydrogens (tertiary/aromatic N) is 2. The SMILES string of the molecule is CCOc1cc(C2/C(=C(\O)c3cc(OC)ccc3Cl)C(=O)C(=O)N2CCN(CC)CC)ccc1O. The van der Waals surface area contributed by atoms with Gasteiger partial charge in [0.05, 0.1) is 30.4 Å². The number of phenolic OH excluding ortho intramolecular Hbond substituents is 1. The van der Waals surface area contributed by atoms with Crippen molar-refractivity contribution in [1.82, 2.24) is 9.80 Å². The minimum atomic E-state index is -0.896. The van der Waals surface area contributed by atoms with E-state index in [9.17, 15) is 19.8 Å². The Bertz CT molecular complexity index is 1130. The molecule has 1 aliphatic heterocycles. The first-order chi connectivity index (χ1) is 16.8. The fourth-order valence-corrected chi connectivity index (χ4v) is 4.38. The summed E-state index contributed by atoms with van der Waals surface area (Å²) < 4.78 is 10.8. The van der Waals surface area contributed by atoms with E-state index >= 15 is 0 Å². The number of aromatic hydroxyl groups is 1. The van der Waals surface area contributed by atoms with Gasteiger partial charge in [-0.2, -0.15) is 0 Å². The highest BCUT2D eigenvalue weighted by Gasteiger charge is 2.46. The van der Waals surface area contributed by atoms with Crippen LogP contribution in [0.15, 0.2) is 42.0 Å². The Balaban J connectivity index is 2.19. The monoisotopic (exact) mass is 502 g/mol. The lowest BCUT2D eigenvalue weighted by Crippen LogP contribution is -2.38. The Morgan fingerprint density at radius 2 is 1.83 bits per heavy atom. The first-order valence-electron chi connectivity index (χ1n) is 11.6. The third-order valence-electron chi connectivity index (χ3n) is 6.12. The summed E-state index contributed by atoms with van der Waals surface area (Å²) in [4.78, 5) is 30.0. The van der Waals surface area contributed by atoms with E-state index in [1.54, 1.807) is 31.2 Å². The summed E-state index contributed by atoms with van der Waals surface area (Å²) in [6.45, 7) is 8.54. The number of ketones is 1. The first kappa shape index (κ1) is 26.4. The summed E-state index contributed by atoms with van der Waals surface area (Å²) in [5.41, 5.74) is 0.616. The van der Waals surface area contributed by atoms with Gasteiger partial charge < -0.3 is 29.5 Å². The van der Waals surface area contributed by atoms with E-state index in [2.05, 4.69) is 4.90 Å². The third-order valence-corrected chi connectivity index (χ3v) is 6.45. The molecule has 0 saturated carbocycles. The van der Waals surface area contributed by atoms with E-state index in [0.717, 1.165) is 13.1 Å². The van der Waals surface area contributed by atoms with Crippen LogP contribution in [0.1, 0.15) is 37.9 Å². The van der Waals surface area contributed by atoms with Gasteiger partial charge in [0.15, 0.2) is 11.5 Å². The number of phenols is 1. The molecule has 2 N–H and O–H groups in total. The summed E-state index contributed by atoms with van der Waals surface area (Å²) in [5.74, 6) is -1.32. The maximum atomic E-state index is 13.3. The summed E-state index contributed by atoms with van der Waals surface area (Å²) in [6.07, 6.45) is 0. The zero-order chi connectivity index (χ0) is 25.7. The smallest absolute Gasteiger partial charge is 0.295 e. The number of methoxy groups -OCH3 is 1. The molecule has 3 rings (SSSR count). The number of amides is 1. The first-order valence-corrected chi connectivity index (χ1v) is 11.9. The van der Waals surface area contributed by atoms with Crippen LogP contribution in [0.4, 0.5) is 0 Å². The summed E-state index contributed by atoms with van der Waals surface area (Å²) in [7, 11) is 1.48. The largest absolute Gasteiger partial charge is 0.507 e. The van der Waals surface area contributed by atoms with Crippen LogP contribution < -0.4 is 9.47 Å². The van der Waals surface area contributed by atoms with E-state index in [4.69, 9.17) is 21.1 Å². The van der Waals surface area contributed by atoms with Crippen LogP contribution in [0, 0.1) is 0 Å². The minimum Gasteiger partial charge on any atom is -0.507 e. The standard InChI is InChI=1S/C26H31ClN2O6/c1-5-28(6-2)12-13-29-23(16-8-11-20(30)21(14-16)35-7-3)22(25(32)26(29)33)24(31)18-15-17(34-4)9-10-19(18)27/h8-11,14-15,23,30-31H,5-7,12-13H2,1-4H3/b24-22+. The molecule has 9 heteroatoms. The van der Waals surface area contributed by atoms with Gasteiger partial charge in [-0.05, 0) is 55.9 Å². The second-order valence-corrected chi connectivity index (χ2v) is 8.43. The van der Waals surface area contributed by atoms with Crippen LogP contribution in [0.25, 0.3) is 5.76 Å². The zero-order valence-corrected chi connectivity index (χ0v) is 21.1. The topological polar surface area (TPSA) is 99.5 Å². The Kier molecular flexibility index (Phi) is 8.64. The van der Waals surface area contributed by atoms with Gasteiger partial charge in [0.25, 0.3) is 11.7 Å². The molecule has 1 aliphatic rings. The summed E-state index contributed by atoms with van der Waals surface area (Å²) >= 11 is 6.35. The van der Waals surface area contributed by atoms with Crippen LogP contribution >= 0.6 is 11.6 Å². The van der Waals surface area contributed by atoms with E-state index < -0.39 is 23.5 Å². The molecule has 2 aromatic rings. The molecule has 2 aromatic carbocycles. The third kappa shape index (κ3) is 5.39. The maximum Gasteiger partial charge on any atom is 0.295 e. The number of Topliss-reactive ketones (excluding diaryl/α,β-unsaturated/α-hetero) is 1. The molecule has 0 spiro atoms. The highest BCUT2D eigenvalue weighted by Crippen LogP contribution is 2.43. The number of carbonyl (C=O) groups is 2. The highest BCUT2D eigenvalue weighted by molar-refractivity contribution is 6.47. The van der Waals surface area contributed by atoms with E-state index in [-0.39, 0.29) is 34.2 Å². The van der Waals surface area contributed by atoms with Crippen LogP contribution in [-0.2, 0) is 9.59 Å². The second-order valence-electron chi connectivity index (χ2n) is 8.03. The van der Waals surface area contributed by atoms with Gasteiger partial charge in [-0.1, -0.05) is 31.5 Å². The number of hydrogen-bond donors (Lipinski definition) is 2. The summed E-state index contributed by atoms with van der Waals surface area (Å²) in [5, 5.41) is 21.7. The fraction of sp³-hybridized carbons (Fsp3) is 0.385. The minimum absolute atomic E-state index is 0.0634. The van der Waals surface area contributed by atoms with Crippen LogP contribution in [0.2, 0.25) is 5.02 Å². The molecule has 0 radical (unpaired) electrons. The van der Waals surface area contributed by atoms with Gasteiger partial charge in [0, 0.05) is 18.7 Å². The number of aliphatic hydroxyl groups excluding tert-OH is 1. The van der Waals surface area contributed by atoms with Crippen molar-refractivity contribution in [2.45, 2.75) is 26.8 Å². The molecule has 1 saturated heterocycles. The van der Waals surface area contributed by atoms with Crippen LogP contribution in [0.3, 0.4) is 0 Å². The number of benzene rings is 2. The van der Waals surface area contributed by atoms with Crippen molar-refractivity contribution < 1.29 is 29.3 Å². The number of halogens is 1. The quantitative estimate of drug-likeness (QED) is 0.285. The zero-order valence-electron chi connectivity index (χ0n) is 20.4. The Morgan fingerprint density at radius 1 is 1.11 bits per heavy atom. The fourth-order valence-electron chi connectivity index (χ4n) is 4.18.